The van der Waals surface area contributed by atoms with Gasteiger partial charge < -0.3 is 15.6 Å². The molecule has 2 aliphatic rings. The van der Waals surface area contributed by atoms with Gasteiger partial charge in [0.15, 0.2) is 11.5 Å². The molecule has 1 aromatic carbocycles. The number of nitrogens with two attached hydrogens (primary N) is 1. The second-order valence-corrected chi connectivity index (χ2v) is 7.86. The number of hydrogen-bond donors (Lipinski definition) is 2. The number of halogens is 2. The minimum Gasteiger partial charge on any atom is -0.390 e. The molecule has 154 valence electrons. The maximum absolute atomic E-state index is 12.7. The van der Waals surface area contributed by atoms with Gasteiger partial charge in [-0.2, -0.15) is 0 Å². The first-order valence-electron chi connectivity index (χ1n) is 8.97. The van der Waals surface area contributed by atoms with Gasteiger partial charge in [0.05, 0.1) is 40.1 Å². The summed E-state index contributed by atoms with van der Waals surface area (Å²) in [5, 5.41) is 10.9. The van der Waals surface area contributed by atoms with Gasteiger partial charge in [-0.25, -0.2) is 15.0 Å². The Morgan fingerprint density at radius 2 is 1.80 bits per heavy atom. The maximum Gasteiger partial charge on any atom is 0.261 e. The van der Waals surface area contributed by atoms with E-state index in [1.807, 2.05) is 0 Å². The second-order valence-electron chi connectivity index (χ2n) is 7.05. The van der Waals surface area contributed by atoms with Gasteiger partial charge in [0.2, 0.25) is 0 Å². The van der Waals surface area contributed by atoms with E-state index in [-0.39, 0.29) is 40.0 Å². The minimum atomic E-state index is -0.914. The van der Waals surface area contributed by atoms with Crippen molar-refractivity contribution in [1.82, 2.24) is 24.4 Å². The van der Waals surface area contributed by atoms with Crippen molar-refractivity contribution in [3.05, 3.63) is 46.0 Å². The molecule has 3 aromatic rings. The molecule has 3 N–H and O–H groups in total. The number of aliphatic hydroxyl groups excluding tert-OH is 1. The van der Waals surface area contributed by atoms with Crippen LogP contribution in [-0.4, -0.2) is 60.1 Å². The Hall–Kier alpha value is -2.79. The third-order valence-electron chi connectivity index (χ3n) is 5.28. The van der Waals surface area contributed by atoms with E-state index in [0.29, 0.717) is 11.2 Å². The number of benzene rings is 1. The van der Waals surface area contributed by atoms with E-state index in [1.54, 1.807) is 4.57 Å². The highest BCUT2D eigenvalue weighted by molar-refractivity contribution is 6.43. The Kier molecular flexibility index (Phi) is 4.40. The molecule has 10 nitrogen and oxygen atoms in total. The molecular weight excluding hydrogens is 435 g/mol. The lowest BCUT2D eigenvalue weighted by atomic mass is 10.1. The number of aromatic nitrogens is 4. The number of fused-ring (bicyclic) bond motifs is 2. The smallest absolute Gasteiger partial charge is 0.261 e. The number of hydrogen-bond acceptors (Lipinski definition) is 8. The van der Waals surface area contributed by atoms with Gasteiger partial charge in [0.25, 0.3) is 11.8 Å². The molecule has 2 amide bonds. The number of amides is 2. The number of rotatable bonds is 3. The molecule has 12 heteroatoms. The van der Waals surface area contributed by atoms with Crippen LogP contribution in [0.25, 0.3) is 11.2 Å². The number of imidazole rings is 1. The molecule has 0 unspecified atom stereocenters. The van der Waals surface area contributed by atoms with Crippen molar-refractivity contribution >= 4 is 52.0 Å². The number of nitrogens with zero attached hydrogens (tertiary/aromatic N) is 5. The average molecular weight is 449 g/mol. The number of nitrogen functional groups attached to an aromatic ring is 1. The quantitative estimate of drug-likeness (QED) is 0.577. The van der Waals surface area contributed by atoms with Gasteiger partial charge in [-0.15, -0.1) is 0 Å². The largest absolute Gasteiger partial charge is 0.390 e. The van der Waals surface area contributed by atoms with Crippen molar-refractivity contribution < 1.29 is 19.4 Å². The van der Waals surface area contributed by atoms with Crippen LogP contribution in [0.1, 0.15) is 33.4 Å². The maximum atomic E-state index is 12.7. The van der Waals surface area contributed by atoms with Gasteiger partial charge in [0, 0.05) is 6.42 Å². The summed E-state index contributed by atoms with van der Waals surface area (Å²) in [5.41, 5.74) is 7.04. The lowest BCUT2D eigenvalue weighted by molar-refractivity contribution is -0.0275. The van der Waals surface area contributed by atoms with Gasteiger partial charge in [-0.3, -0.25) is 19.1 Å². The molecule has 0 bridgehead atoms. The summed E-state index contributed by atoms with van der Waals surface area (Å²) in [7, 11) is 0. The van der Waals surface area contributed by atoms with E-state index in [1.165, 1.54) is 24.8 Å². The van der Waals surface area contributed by atoms with Crippen molar-refractivity contribution in [2.45, 2.75) is 24.9 Å². The highest BCUT2D eigenvalue weighted by Crippen LogP contribution is 2.35. The molecule has 3 atom stereocenters. The number of imide groups is 1. The summed E-state index contributed by atoms with van der Waals surface area (Å²) in [4.78, 5) is 38.7. The topological polar surface area (TPSA) is 136 Å². The first-order valence-corrected chi connectivity index (χ1v) is 9.72. The van der Waals surface area contributed by atoms with Crippen LogP contribution in [0.15, 0.2) is 24.8 Å². The Bertz CT molecular complexity index is 1170. The Balaban J connectivity index is 1.38. The van der Waals surface area contributed by atoms with Gasteiger partial charge >= 0.3 is 0 Å². The summed E-state index contributed by atoms with van der Waals surface area (Å²) in [6.45, 7) is -0.122. The van der Waals surface area contributed by atoms with E-state index in [2.05, 4.69) is 15.0 Å². The first kappa shape index (κ1) is 19.2. The van der Waals surface area contributed by atoms with E-state index >= 15 is 0 Å². The van der Waals surface area contributed by atoms with Crippen molar-refractivity contribution in [3.8, 4) is 0 Å². The fourth-order valence-corrected chi connectivity index (χ4v) is 4.09. The predicted octanol–water partition coefficient (Wildman–Crippen LogP) is 1.66. The SMILES string of the molecule is Nc1ncnc2c1ncn2[C@H]1C[C@H](O)[C@@H](CN2C(=O)c3cc(Cl)c(Cl)cc3C2=O)O1. The number of carbonyl (C=O) groups is 2. The number of carbonyl (C=O) groups excluding carboxylic acids is 2. The number of ether oxygens (including phenoxy) is 1. The van der Waals surface area contributed by atoms with Crippen LogP contribution >= 0.6 is 23.2 Å². The summed E-state index contributed by atoms with van der Waals surface area (Å²) in [5.74, 6) is -0.792. The third kappa shape index (κ3) is 2.83. The Labute approximate surface area is 179 Å². The van der Waals surface area contributed by atoms with E-state index in [9.17, 15) is 14.7 Å². The molecular formula is C18H14Cl2N6O4. The molecule has 0 saturated carbocycles. The van der Waals surface area contributed by atoms with Crippen molar-refractivity contribution in [1.29, 1.82) is 0 Å². The molecule has 2 aliphatic heterocycles. The summed E-state index contributed by atoms with van der Waals surface area (Å²) < 4.78 is 7.58. The predicted molar refractivity (Wildman–Crippen MR) is 106 cm³/mol. The average Bonchev–Trinajstić information content (AvgIpc) is 3.36. The molecule has 30 heavy (non-hydrogen) atoms. The van der Waals surface area contributed by atoms with Crippen LogP contribution in [0.4, 0.5) is 5.82 Å². The van der Waals surface area contributed by atoms with Crippen molar-refractivity contribution in [3.63, 3.8) is 0 Å². The van der Waals surface area contributed by atoms with Crippen LogP contribution in [0.3, 0.4) is 0 Å². The fraction of sp³-hybridized carbons (Fsp3) is 0.278. The Morgan fingerprint density at radius 3 is 2.47 bits per heavy atom. The first-order chi connectivity index (χ1) is 14.3. The summed E-state index contributed by atoms with van der Waals surface area (Å²) in [6, 6.07) is 2.74. The van der Waals surface area contributed by atoms with E-state index in [0.717, 1.165) is 4.90 Å². The van der Waals surface area contributed by atoms with Crippen LogP contribution in [0.2, 0.25) is 10.0 Å². The third-order valence-corrected chi connectivity index (χ3v) is 6.00. The highest BCUT2D eigenvalue weighted by Gasteiger charge is 2.43. The molecule has 0 aliphatic carbocycles. The molecule has 1 saturated heterocycles. The van der Waals surface area contributed by atoms with Crippen LogP contribution in [0.5, 0.6) is 0 Å². The van der Waals surface area contributed by atoms with Gasteiger partial charge in [0.1, 0.15) is 24.2 Å². The molecule has 2 aromatic heterocycles. The zero-order valence-electron chi connectivity index (χ0n) is 15.2. The number of anilines is 1. The number of aliphatic hydroxyl groups is 1. The molecule has 0 spiro atoms. The zero-order chi connectivity index (χ0) is 21.2. The summed E-state index contributed by atoms with van der Waals surface area (Å²) >= 11 is 11.9. The van der Waals surface area contributed by atoms with Gasteiger partial charge in [-0.05, 0) is 12.1 Å². The van der Waals surface area contributed by atoms with Crippen molar-refractivity contribution in [2.24, 2.45) is 0 Å². The Morgan fingerprint density at radius 1 is 1.13 bits per heavy atom. The molecule has 0 radical (unpaired) electrons. The minimum absolute atomic E-state index is 0.122. The van der Waals surface area contributed by atoms with Crippen molar-refractivity contribution in [2.75, 3.05) is 12.3 Å². The lowest BCUT2D eigenvalue weighted by Gasteiger charge is -2.21. The molecule has 5 rings (SSSR count). The van der Waals surface area contributed by atoms with Crippen LogP contribution in [-0.2, 0) is 4.74 Å². The fourth-order valence-electron chi connectivity index (χ4n) is 3.76. The zero-order valence-corrected chi connectivity index (χ0v) is 16.7. The second kappa shape index (κ2) is 6.88. The van der Waals surface area contributed by atoms with E-state index < -0.39 is 30.3 Å². The summed E-state index contributed by atoms with van der Waals surface area (Å²) in [6.07, 6.45) is 0.738. The standard InChI is InChI=1S/C18H14Cl2N6O4/c19-9-1-7-8(2-10(9)20)18(29)25(17(7)28)4-12-11(27)3-13(30-12)26-6-24-14-15(21)22-5-23-16(14)26/h1-2,5-6,11-13,27H,3-4H2,(H2,21,22,23)/t11-,12+,13+/m0/s1. The van der Waals surface area contributed by atoms with Gasteiger partial charge in [-0.1, -0.05) is 23.2 Å². The monoisotopic (exact) mass is 448 g/mol. The van der Waals surface area contributed by atoms with Crippen LogP contribution in [0, 0.1) is 0 Å². The molecule has 4 heterocycles. The normalized spacial score (nSPS) is 23.6. The van der Waals surface area contributed by atoms with Crippen LogP contribution < -0.4 is 5.73 Å². The highest BCUT2D eigenvalue weighted by atomic mass is 35.5. The lowest BCUT2D eigenvalue weighted by Crippen LogP contribution is -2.40. The molecule has 1 fully saturated rings. The van der Waals surface area contributed by atoms with E-state index in [4.69, 9.17) is 33.7 Å².